The number of halogens is 1. The van der Waals surface area contributed by atoms with E-state index in [1.807, 2.05) is 20.8 Å². The number of anilines is 1. The summed E-state index contributed by atoms with van der Waals surface area (Å²) in [4.78, 5) is 38.7. The number of aryl methyl sites for hydroxylation is 1. The molecule has 7 nitrogen and oxygen atoms in total. The van der Waals surface area contributed by atoms with Crippen LogP contribution in [0, 0.1) is 6.92 Å². The normalized spacial score (nSPS) is 15.4. The van der Waals surface area contributed by atoms with Gasteiger partial charge in [0, 0.05) is 4.47 Å². The highest BCUT2D eigenvalue weighted by atomic mass is 79.9. The number of carbonyl (C=O) groups excluding carboxylic acids is 3. The van der Waals surface area contributed by atoms with E-state index in [-0.39, 0.29) is 5.57 Å². The summed E-state index contributed by atoms with van der Waals surface area (Å²) in [6, 6.07) is 9.40. The summed E-state index contributed by atoms with van der Waals surface area (Å²) in [6.07, 6.45) is 1.43. The molecule has 0 bridgehead atoms. The lowest BCUT2D eigenvalue weighted by Crippen LogP contribution is -2.54. The van der Waals surface area contributed by atoms with E-state index in [0.717, 1.165) is 14.9 Å². The Kier molecular flexibility index (Phi) is 6.56. The van der Waals surface area contributed by atoms with Gasteiger partial charge >= 0.3 is 6.03 Å². The van der Waals surface area contributed by atoms with Crippen LogP contribution >= 0.6 is 15.9 Å². The van der Waals surface area contributed by atoms with Crippen LogP contribution in [0.4, 0.5) is 10.5 Å². The van der Waals surface area contributed by atoms with E-state index < -0.39 is 17.8 Å². The van der Waals surface area contributed by atoms with Crippen molar-refractivity contribution >= 4 is 45.5 Å². The van der Waals surface area contributed by atoms with Gasteiger partial charge in [0.2, 0.25) is 0 Å². The van der Waals surface area contributed by atoms with Crippen molar-refractivity contribution in [3.8, 4) is 11.5 Å². The van der Waals surface area contributed by atoms with Gasteiger partial charge in [0.1, 0.15) is 5.57 Å². The molecule has 30 heavy (non-hydrogen) atoms. The van der Waals surface area contributed by atoms with Crippen LogP contribution in [-0.2, 0) is 9.59 Å². The highest BCUT2D eigenvalue weighted by molar-refractivity contribution is 9.10. The zero-order chi connectivity index (χ0) is 21.8. The van der Waals surface area contributed by atoms with Gasteiger partial charge in [-0.1, -0.05) is 22.0 Å². The average Bonchev–Trinajstić information content (AvgIpc) is 2.70. The molecular weight excluding hydrogens is 452 g/mol. The SMILES string of the molecule is CCOc1ccc(C=C2C(=O)NC(=O)N(c3ccc(Br)c(C)c3)C2=O)cc1OCC. The van der Waals surface area contributed by atoms with Crippen molar-refractivity contribution in [1.29, 1.82) is 0 Å². The molecule has 1 saturated heterocycles. The summed E-state index contributed by atoms with van der Waals surface area (Å²) in [6.45, 7) is 6.47. The first-order valence-electron chi connectivity index (χ1n) is 9.43. The van der Waals surface area contributed by atoms with Gasteiger partial charge in [-0.3, -0.25) is 14.9 Å². The zero-order valence-corrected chi connectivity index (χ0v) is 18.4. The molecule has 0 spiro atoms. The third kappa shape index (κ3) is 4.38. The Bertz CT molecular complexity index is 1050. The number of amides is 4. The maximum Gasteiger partial charge on any atom is 0.335 e. The fourth-order valence-electron chi connectivity index (χ4n) is 2.98. The minimum atomic E-state index is -0.787. The highest BCUT2D eigenvalue weighted by Gasteiger charge is 2.37. The molecule has 0 atom stereocenters. The third-order valence-corrected chi connectivity index (χ3v) is 5.27. The Labute approximate surface area is 182 Å². The maximum atomic E-state index is 13.0. The minimum Gasteiger partial charge on any atom is -0.490 e. The van der Waals surface area contributed by atoms with Crippen molar-refractivity contribution in [3.05, 3.63) is 57.6 Å². The molecule has 0 aromatic heterocycles. The quantitative estimate of drug-likeness (QED) is 0.502. The van der Waals surface area contributed by atoms with Crippen LogP contribution in [0.1, 0.15) is 25.0 Å². The van der Waals surface area contributed by atoms with Crippen LogP contribution < -0.4 is 19.7 Å². The van der Waals surface area contributed by atoms with E-state index in [2.05, 4.69) is 21.2 Å². The van der Waals surface area contributed by atoms with Crippen molar-refractivity contribution < 1.29 is 23.9 Å². The van der Waals surface area contributed by atoms with Crippen molar-refractivity contribution in [1.82, 2.24) is 5.32 Å². The highest BCUT2D eigenvalue weighted by Crippen LogP contribution is 2.30. The fraction of sp³-hybridized carbons (Fsp3) is 0.227. The first-order valence-corrected chi connectivity index (χ1v) is 10.2. The molecule has 1 N–H and O–H groups in total. The van der Waals surface area contributed by atoms with Crippen molar-refractivity contribution in [2.75, 3.05) is 18.1 Å². The second-order valence-electron chi connectivity index (χ2n) is 6.46. The predicted molar refractivity (Wildman–Crippen MR) is 117 cm³/mol. The molecule has 1 aliphatic rings. The summed E-state index contributed by atoms with van der Waals surface area (Å²) in [5, 5.41) is 2.23. The average molecular weight is 473 g/mol. The van der Waals surface area contributed by atoms with Crippen LogP contribution in [0.3, 0.4) is 0 Å². The Hall–Kier alpha value is -3.13. The smallest absolute Gasteiger partial charge is 0.335 e. The molecule has 156 valence electrons. The van der Waals surface area contributed by atoms with Crippen LogP contribution in [0.15, 0.2) is 46.4 Å². The largest absolute Gasteiger partial charge is 0.490 e. The van der Waals surface area contributed by atoms with E-state index in [0.29, 0.717) is 36.0 Å². The van der Waals surface area contributed by atoms with Crippen LogP contribution in [0.5, 0.6) is 11.5 Å². The number of hydrogen-bond acceptors (Lipinski definition) is 5. The number of urea groups is 1. The standard InChI is InChI=1S/C22H21BrN2O5/c1-4-29-18-9-6-14(12-19(18)30-5-2)11-16-20(26)24-22(28)25(21(16)27)15-7-8-17(23)13(3)10-15/h6-12H,4-5H2,1-3H3,(H,24,26,28). The van der Waals surface area contributed by atoms with Gasteiger partial charge in [0.05, 0.1) is 18.9 Å². The number of imide groups is 2. The predicted octanol–water partition coefficient (Wildman–Crippen LogP) is 4.22. The van der Waals surface area contributed by atoms with Crippen molar-refractivity contribution in [2.24, 2.45) is 0 Å². The molecule has 3 rings (SSSR count). The lowest BCUT2D eigenvalue weighted by Gasteiger charge is -2.26. The Morgan fingerprint density at radius 3 is 2.37 bits per heavy atom. The molecule has 1 aliphatic heterocycles. The molecule has 8 heteroatoms. The molecule has 1 fully saturated rings. The lowest BCUT2D eigenvalue weighted by atomic mass is 10.1. The van der Waals surface area contributed by atoms with E-state index >= 15 is 0 Å². The third-order valence-electron chi connectivity index (χ3n) is 4.38. The maximum absolute atomic E-state index is 13.0. The molecule has 0 unspecified atom stereocenters. The summed E-state index contributed by atoms with van der Waals surface area (Å²) >= 11 is 3.39. The number of hydrogen-bond donors (Lipinski definition) is 1. The van der Waals surface area contributed by atoms with Gasteiger partial charge in [-0.05, 0) is 68.3 Å². The van der Waals surface area contributed by atoms with Gasteiger partial charge in [-0.15, -0.1) is 0 Å². The van der Waals surface area contributed by atoms with Gasteiger partial charge in [0.15, 0.2) is 11.5 Å². The van der Waals surface area contributed by atoms with E-state index in [9.17, 15) is 14.4 Å². The number of nitrogens with one attached hydrogen (secondary N) is 1. The number of barbiturate groups is 1. The molecular formula is C22H21BrN2O5. The molecule has 2 aromatic carbocycles. The van der Waals surface area contributed by atoms with Crippen LogP contribution in [0.2, 0.25) is 0 Å². The molecule has 4 amide bonds. The van der Waals surface area contributed by atoms with Crippen molar-refractivity contribution in [2.45, 2.75) is 20.8 Å². The number of ether oxygens (including phenoxy) is 2. The molecule has 2 aromatic rings. The van der Waals surface area contributed by atoms with Crippen molar-refractivity contribution in [3.63, 3.8) is 0 Å². The summed E-state index contributed by atoms with van der Waals surface area (Å²) in [7, 11) is 0. The fourth-order valence-corrected chi connectivity index (χ4v) is 3.23. The van der Waals surface area contributed by atoms with Gasteiger partial charge in [-0.25, -0.2) is 9.69 Å². The summed E-state index contributed by atoms with van der Waals surface area (Å²) in [5.74, 6) is -0.365. The van der Waals surface area contributed by atoms with E-state index in [1.165, 1.54) is 6.08 Å². The van der Waals surface area contributed by atoms with Gasteiger partial charge in [0.25, 0.3) is 11.8 Å². The number of carbonyl (C=O) groups is 3. The Balaban J connectivity index is 2.00. The molecule has 0 radical (unpaired) electrons. The number of rotatable bonds is 6. The van der Waals surface area contributed by atoms with Gasteiger partial charge < -0.3 is 9.47 Å². The van der Waals surface area contributed by atoms with Crippen LogP contribution in [0.25, 0.3) is 6.08 Å². The summed E-state index contributed by atoms with van der Waals surface area (Å²) in [5.41, 5.74) is 1.64. The molecule has 0 saturated carbocycles. The Morgan fingerprint density at radius 2 is 1.70 bits per heavy atom. The topological polar surface area (TPSA) is 84.9 Å². The molecule has 1 heterocycles. The first kappa shape index (κ1) is 21.6. The first-order chi connectivity index (χ1) is 14.3. The minimum absolute atomic E-state index is 0.151. The van der Waals surface area contributed by atoms with Crippen LogP contribution in [-0.4, -0.2) is 31.1 Å². The zero-order valence-electron chi connectivity index (χ0n) is 16.8. The number of benzene rings is 2. The monoisotopic (exact) mass is 472 g/mol. The summed E-state index contributed by atoms with van der Waals surface area (Å²) < 4.78 is 12.0. The Morgan fingerprint density at radius 1 is 1.00 bits per heavy atom. The second-order valence-corrected chi connectivity index (χ2v) is 7.32. The lowest BCUT2D eigenvalue weighted by molar-refractivity contribution is -0.122. The second kappa shape index (κ2) is 9.13. The van der Waals surface area contributed by atoms with E-state index in [4.69, 9.17) is 9.47 Å². The molecule has 0 aliphatic carbocycles. The van der Waals surface area contributed by atoms with E-state index in [1.54, 1.807) is 36.4 Å². The van der Waals surface area contributed by atoms with Gasteiger partial charge in [-0.2, -0.15) is 0 Å². The number of nitrogens with zero attached hydrogens (tertiary/aromatic N) is 1.